The van der Waals surface area contributed by atoms with Gasteiger partial charge in [-0.2, -0.15) is 0 Å². The number of para-hydroxylation sites is 1. The molecule has 1 aliphatic heterocycles. The van der Waals surface area contributed by atoms with Gasteiger partial charge in [-0.25, -0.2) is 5.01 Å². The molecule has 0 saturated carbocycles. The fraction of sp³-hybridized carbons (Fsp3) is 0.120. The molecule has 0 aliphatic carbocycles. The summed E-state index contributed by atoms with van der Waals surface area (Å²) in [6.45, 7) is 2.80. The molecule has 0 radical (unpaired) electrons. The van der Waals surface area contributed by atoms with E-state index in [0.29, 0.717) is 30.2 Å². The highest BCUT2D eigenvalue weighted by atomic mass is 16.5. The molecule has 31 heavy (non-hydrogen) atoms. The number of benzene rings is 3. The quantitative estimate of drug-likeness (QED) is 0.362. The molecule has 4 rings (SSSR count). The van der Waals surface area contributed by atoms with E-state index in [-0.39, 0.29) is 5.57 Å². The van der Waals surface area contributed by atoms with Crippen LogP contribution in [-0.4, -0.2) is 25.0 Å². The van der Waals surface area contributed by atoms with Crippen LogP contribution in [0.15, 0.2) is 84.4 Å². The first kappa shape index (κ1) is 20.2. The maximum atomic E-state index is 12.7. The highest BCUT2D eigenvalue weighted by Crippen LogP contribution is 2.22. The van der Waals surface area contributed by atoms with Crippen LogP contribution in [0.5, 0.6) is 11.5 Å². The summed E-state index contributed by atoms with van der Waals surface area (Å²) in [6.07, 6.45) is 1.57. The lowest BCUT2D eigenvalue weighted by Gasteiger charge is -2.13. The largest absolute Gasteiger partial charge is 0.490 e. The van der Waals surface area contributed by atoms with Crippen molar-refractivity contribution in [2.24, 2.45) is 0 Å². The van der Waals surface area contributed by atoms with Crippen molar-refractivity contribution in [3.05, 3.63) is 95.6 Å². The smallest absolute Gasteiger partial charge is 0.282 e. The van der Waals surface area contributed by atoms with Crippen LogP contribution in [0.3, 0.4) is 0 Å². The minimum absolute atomic E-state index is 0.0729. The lowest BCUT2D eigenvalue weighted by atomic mass is 10.1. The zero-order valence-electron chi connectivity index (χ0n) is 17.1. The van der Waals surface area contributed by atoms with Crippen molar-refractivity contribution in [2.75, 3.05) is 18.2 Å². The number of hydrogen-bond donors (Lipinski definition) is 1. The van der Waals surface area contributed by atoms with Crippen LogP contribution in [-0.2, 0) is 9.59 Å². The minimum Gasteiger partial charge on any atom is -0.490 e. The van der Waals surface area contributed by atoms with E-state index in [9.17, 15) is 9.59 Å². The standard InChI is InChI=1S/C25H22N2O4/c1-18-10-12-21(13-11-18)30-14-15-31-22-9-5-6-19(16-22)17-23-24(28)26-27(25(23)29)20-7-3-2-4-8-20/h2-13,16-17H,14-15H2,1H3,(H,26,28). The summed E-state index contributed by atoms with van der Waals surface area (Å²) in [5.74, 6) is 0.592. The van der Waals surface area contributed by atoms with E-state index in [1.54, 1.807) is 36.4 Å². The maximum absolute atomic E-state index is 12.7. The number of anilines is 1. The van der Waals surface area contributed by atoms with Gasteiger partial charge in [-0.15, -0.1) is 0 Å². The summed E-state index contributed by atoms with van der Waals surface area (Å²) in [5, 5.41) is 1.25. The van der Waals surface area contributed by atoms with Crippen LogP contribution < -0.4 is 19.9 Å². The Bertz CT molecular complexity index is 1110. The molecule has 0 bridgehead atoms. The molecule has 1 N–H and O–H groups in total. The Kier molecular flexibility index (Phi) is 5.98. The molecule has 1 saturated heterocycles. The van der Waals surface area contributed by atoms with Gasteiger partial charge in [0.25, 0.3) is 11.8 Å². The topological polar surface area (TPSA) is 67.9 Å². The minimum atomic E-state index is -0.438. The van der Waals surface area contributed by atoms with Crippen molar-refractivity contribution in [1.82, 2.24) is 5.43 Å². The number of amides is 2. The number of aryl methyl sites for hydroxylation is 1. The number of hydrogen-bond acceptors (Lipinski definition) is 4. The third-order valence-electron chi connectivity index (χ3n) is 4.72. The molecule has 0 unspecified atom stereocenters. The number of nitrogens with one attached hydrogen (secondary N) is 1. The van der Waals surface area contributed by atoms with Gasteiger partial charge >= 0.3 is 0 Å². The van der Waals surface area contributed by atoms with Crippen LogP contribution in [0.2, 0.25) is 0 Å². The molecule has 2 amide bonds. The molecule has 1 heterocycles. The summed E-state index contributed by atoms with van der Waals surface area (Å²) < 4.78 is 11.4. The van der Waals surface area contributed by atoms with Gasteiger partial charge in [0.15, 0.2) is 0 Å². The van der Waals surface area contributed by atoms with Crippen LogP contribution in [0.25, 0.3) is 6.08 Å². The fourth-order valence-corrected chi connectivity index (χ4v) is 3.13. The van der Waals surface area contributed by atoms with Gasteiger partial charge in [0.05, 0.1) is 5.69 Å². The van der Waals surface area contributed by atoms with Crippen LogP contribution in [0.1, 0.15) is 11.1 Å². The van der Waals surface area contributed by atoms with E-state index in [1.165, 1.54) is 10.6 Å². The van der Waals surface area contributed by atoms with Crippen LogP contribution >= 0.6 is 0 Å². The summed E-state index contributed by atoms with van der Waals surface area (Å²) in [5.41, 5.74) is 5.15. The molecule has 0 spiro atoms. The van der Waals surface area contributed by atoms with Gasteiger partial charge in [0.2, 0.25) is 0 Å². The Labute approximate surface area is 180 Å². The molecule has 156 valence electrons. The van der Waals surface area contributed by atoms with Gasteiger partial charge in [-0.3, -0.25) is 15.0 Å². The third-order valence-corrected chi connectivity index (χ3v) is 4.72. The molecule has 1 aliphatic rings. The molecule has 3 aromatic rings. The van der Waals surface area contributed by atoms with Gasteiger partial charge in [0, 0.05) is 0 Å². The second-order valence-electron chi connectivity index (χ2n) is 7.06. The SMILES string of the molecule is Cc1ccc(OCCOc2cccc(C=C3C(=O)NN(c4ccccc4)C3=O)c2)cc1. The summed E-state index contributed by atoms with van der Waals surface area (Å²) >= 11 is 0. The Morgan fingerprint density at radius 1 is 0.839 bits per heavy atom. The zero-order valence-corrected chi connectivity index (χ0v) is 17.1. The van der Waals surface area contributed by atoms with Gasteiger partial charge in [-0.1, -0.05) is 48.0 Å². The Balaban J connectivity index is 1.38. The van der Waals surface area contributed by atoms with E-state index in [4.69, 9.17) is 9.47 Å². The maximum Gasteiger partial charge on any atom is 0.282 e. The van der Waals surface area contributed by atoms with Crippen molar-refractivity contribution in [2.45, 2.75) is 6.92 Å². The summed E-state index contributed by atoms with van der Waals surface area (Å²) in [7, 11) is 0. The number of hydrazine groups is 1. The third kappa shape index (κ3) is 4.93. The van der Waals surface area contributed by atoms with Gasteiger partial charge in [-0.05, 0) is 55.0 Å². The number of carbonyl (C=O) groups is 2. The monoisotopic (exact) mass is 414 g/mol. The van der Waals surface area contributed by atoms with Crippen molar-refractivity contribution in [3.8, 4) is 11.5 Å². The average Bonchev–Trinajstić information content (AvgIpc) is 3.07. The van der Waals surface area contributed by atoms with Gasteiger partial charge < -0.3 is 9.47 Å². The molecule has 6 heteroatoms. The van der Waals surface area contributed by atoms with Crippen molar-refractivity contribution in [1.29, 1.82) is 0 Å². The normalized spacial score (nSPS) is 14.6. The number of rotatable bonds is 7. The first-order valence-electron chi connectivity index (χ1n) is 9.95. The van der Waals surface area contributed by atoms with E-state index in [1.807, 2.05) is 55.5 Å². The van der Waals surface area contributed by atoms with E-state index in [2.05, 4.69) is 5.43 Å². The van der Waals surface area contributed by atoms with Crippen molar-refractivity contribution in [3.63, 3.8) is 0 Å². The predicted molar refractivity (Wildman–Crippen MR) is 119 cm³/mol. The van der Waals surface area contributed by atoms with Crippen LogP contribution in [0, 0.1) is 6.92 Å². The molecule has 0 aromatic heterocycles. The first-order chi connectivity index (χ1) is 15.1. The van der Waals surface area contributed by atoms with Crippen molar-refractivity contribution < 1.29 is 19.1 Å². The zero-order chi connectivity index (χ0) is 21.6. The molecule has 1 fully saturated rings. The second-order valence-corrected chi connectivity index (χ2v) is 7.06. The first-order valence-corrected chi connectivity index (χ1v) is 9.95. The molecule has 6 nitrogen and oxygen atoms in total. The fourth-order valence-electron chi connectivity index (χ4n) is 3.13. The highest BCUT2D eigenvalue weighted by Gasteiger charge is 2.34. The molecular formula is C25H22N2O4. The van der Waals surface area contributed by atoms with Crippen molar-refractivity contribution >= 4 is 23.6 Å². The predicted octanol–water partition coefficient (Wildman–Crippen LogP) is 3.91. The Morgan fingerprint density at radius 2 is 1.55 bits per heavy atom. The molecule has 3 aromatic carbocycles. The van der Waals surface area contributed by atoms with E-state index >= 15 is 0 Å². The van der Waals surface area contributed by atoms with Crippen LogP contribution in [0.4, 0.5) is 5.69 Å². The number of nitrogens with zero attached hydrogens (tertiary/aromatic N) is 1. The summed E-state index contributed by atoms with van der Waals surface area (Å²) in [6, 6.07) is 24.0. The second kappa shape index (κ2) is 9.17. The molecule has 0 atom stereocenters. The number of carbonyl (C=O) groups excluding carboxylic acids is 2. The Morgan fingerprint density at radius 3 is 2.29 bits per heavy atom. The highest BCUT2D eigenvalue weighted by molar-refractivity contribution is 6.31. The summed E-state index contributed by atoms with van der Waals surface area (Å²) in [4.78, 5) is 25.0. The average molecular weight is 414 g/mol. The lowest BCUT2D eigenvalue weighted by Crippen LogP contribution is -2.35. The number of ether oxygens (including phenoxy) is 2. The lowest BCUT2D eigenvalue weighted by molar-refractivity contribution is -0.117. The Hall–Kier alpha value is -4.06. The molecular weight excluding hydrogens is 392 g/mol. The van der Waals surface area contributed by atoms with E-state index < -0.39 is 11.8 Å². The van der Waals surface area contributed by atoms with E-state index in [0.717, 1.165) is 5.75 Å². The van der Waals surface area contributed by atoms with Gasteiger partial charge in [0.1, 0.15) is 30.3 Å².